The fraction of sp³-hybridized carbons (Fsp3) is 0.261. The number of hydrogen-bond donors (Lipinski definition) is 2. The van der Waals surface area contributed by atoms with Gasteiger partial charge in [0.2, 0.25) is 11.8 Å². The molecule has 1 aliphatic carbocycles. The number of ketones is 1. The van der Waals surface area contributed by atoms with E-state index < -0.39 is 5.92 Å². The van der Waals surface area contributed by atoms with Crippen molar-refractivity contribution in [3.63, 3.8) is 0 Å². The van der Waals surface area contributed by atoms with E-state index in [1.807, 2.05) is 30.3 Å². The number of allylic oxidation sites excluding steroid dienone is 1. The number of hydrogen-bond acceptors (Lipinski definition) is 4. The van der Waals surface area contributed by atoms with Crippen LogP contribution in [0.5, 0.6) is 5.75 Å². The summed E-state index contributed by atoms with van der Waals surface area (Å²) in [6, 6.07) is 16.8. The van der Waals surface area contributed by atoms with Crippen LogP contribution in [0.1, 0.15) is 30.7 Å². The molecule has 2 aromatic carbocycles. The predicted molar refractivity (Wildman–Crippen MR) is 108 cm³/mol. The van der Waals surface area contributed by atoms with Crippen molar-refractivity contribution in [2.45, 2.75) is 25.2 Å². The zero-order valence-electron chi connectivity index (χ0n) is 16.1. The number of rotatable bonds is 4. The van der Waals surface area contributed by atoms with E-state index in [4.69, 9.17) is 4.74 Å². The average molecular weight is 390 g/mol. The molecule has 148 valence electrons. The smallest absolute Gasteiger partial charge is 0.232 e. The van der Waals surface area contributed by atoms with Crippen molar-refractivity contribution >= 4 is 23.3 Å². The van der Waals surface area contributed by atoms with Gasteiger partial charge in [0.05, 0.1) is 13.0 Å². The first-order valence-corrected chi connectivity index (χ1v) is 9.61. The van der Waals surface area contributed by atoms with Crippen LogP contribution in [0, 0.1) is 5.92 Å². The third-order valence-corrected chi connectivity index (χ3v) is 5.46. The molecule has 2 aromatic rings. The van der Waals surface area contributed by atoms with Gasteiger partial charge in [-0.25, -0.2) is 0 Å². The second-order valence-corrected chi connectivity index (χ2v) is 7.36. The quantitative estimate of drug-likeness (QED) is 0.840. The van der Waals surface area contributed by atoms with Crippen LogP contribution in [-0.4, -0.2) is 24.7 Å². The summed E-state index contributed by atoms with van der Waals surface area (Å²) in [5, 5.41) is 5.65. The number of amides is 2. The average Bonchev–Trinajstić information content (AvgIpc) is 2.73. The maximum atomic E-state index is 13.0. The molecule has 2 amide bonds. The summed E-state index contributed by atoms with van der Waals surface area (Å²) in [7, 11) is 1.55. The first kappa shape index (κ1) is 18.9. The Labute approximate surface area is 168 Å². The molecule has 0 unspecified atom stereocenters. The predicted octanol–water partition coefficient (Wildman–Crippen LogP) is 3.17. The van der Waals surface area contributed by atoms with Gasteiger partial charge in [-0.1, -0.05) is 36.4 Å². The highest BCUT2D eigenvalue weighted by molar-refractivity contribution is 6.09. The Bertz CT molecular complexity index is 997. The minimum atomic E-state index is -0.783. The lowest BCUT2D eigenvalue weighted by Crippen LogP contribution is -2.43. The molecule has 0 bridgehead atoms. The Kier molecular flexibility index (Phi) is 5.16. The third-order valence-electron chi connectivity index (χ3n) is 5.46. The van der Waals surface area contributed by atoms with Crippen molar-refractivity contribution in [1.29, 1.82) is 0 Å². The van der Waals surface area contributed by atoms with E-state index in [1.54, 1.807) is 31.4 Å². The molecule has 1 aliphatic heterocycles. The second-order valence-electron chi connectivity index (χ2n) is 7.36. The fourth-order valence-electron chi connectivity index (χ4n) is 4.08. The molecule has 4 rings (SSSR count). The van der Waals surface area contributed by atoms with Crippen molar-refractivity contribution in [2.75, 3.05) is 12.4 Å². The summed E-state index contributed by atoms with van der Waals surface area (Å²) < 4.78 is 5.18. The van der Waals surface area contributed by atoms with E-state index >= 15 is 0 Å². The highest BCUT2D eigenvalue weighted by atomic mass is 16.5. The summed E-state index contributed by atoms with van der Waals surface area (Å²) in [5.74, 6) is -0.838. The molecule has 0 spiro atoms. The fourth-order valence-corrected chi connectivity index (χ4v) is 4.08. The van der Waals surface area contributed by atoms with E-state index in [9.17, 15) is 14.4 Å². The Balaban J connectivity index is 1.60. The zero-order chi connectivity index (χ0) is 20.4. The van der Waals surface area contributed by atoms with Crippen molar-refractivity contribution in [1.82, 2.24) is 5.32 Å². The number of carbonyl (C=O) groups is 3. The summed E-state index contributed by atoms with van der Waals surface area (Å²) in [5.41, 5.74) is 2.65. The van der Waals surface area contributed by atoms with Gasteiger partial charge in [-0.15, -0.1) is 0 Å². The number of carbonyl (C=O) groups excluding carboxylic acids is 3. The van der Waals surface area contributed by atoms with E-state index in [1.165, 1.54) is 0 Å². The molecule has 0 saturated carbocycles. The van der Waals surface area contributed by atoms with Crippen molar-refractivity contribution < 1.29 is 19.1 Å². The number of Topliss-reactive ketones (excluding diaryl/α,β-unsaturated/α-hetero) is 1. The van der Waals surface area contributed by atoms with Crippen LogP contribution in [0.4, 0.5) is 5.69 Å². The normalized spacial score (nSPS) is 21.3. The van der Waals surface area contributed by atoms with Gasteiger partial charge in [0.15, 0.2) is 5.78 Å². The number of nitrogens with one attached hydrogen (secondary N) is 2. The lowest BCUT2D eigenvalue weighted by molar-refractivity contribution is -0.129. The summed E-state index contributed by atoms with van der Waals surface area (Å²) in [6.45, 7) is 0. The molecular formula is C23H22N2O4. The summed E-state index contributed by atoms with van der Waals surface area (Å²) >= 11 is 0. The second kappa shape index (κ2) is 7.91. The molecule has 2 N–H and O–H groups in total. The van der Waals surface area contributed by atoms with Gasteiger partial charge in [-0.05, 0) is 30.0 Å². The molecule has 29 heavy (non-hydrogen) atoms. The number of methoxy groups -OCH3 is 1. The first-order valence-electron chi connectivity index (χ1n) is 9.61. The topological polar surface area (TPSA) is 84.5 Å². The van der Waals surface area contributed by atoms with E-state index in [-0.39, 0.29) is 29.9 Å². The molecule has 1 heterocycles. The van der Waals surface area contributed by atoms with Gasteiger partial charge in [0.1, 0.15) is 5.75 Å². The molecule has 2 atom stereocenters. The molecule has 6 nitrogen and oxygen atoms in total. The Morgan fingerprint density at radius 1 is 1.03 bits per heavy atom. The van der Waals surface area contributed by atoms with Crippen LogP contribution in [0.15, 0.2) is 65.9 Å². The lowest BCUT2D eigenvalue weighted by Gasteiger charge is -2.33. The van der Waals surface area contributed by atoms with Gasteiger partial charge in [-0.3, -0.25) is 14.4 Å². The molecule has 0 radical (unpaired) electrons. The van der Waals surface area contributed by atoms with Crippen LogP contribution in [0.2, 0.25) is 0 Å². The van der Waals surface area contributed by atoms with Crippen molar-refractivity contribution in [2.24, 2.45) is 5.92 Å². The highest BCUT2D eigenvalue weighted by Gasteiger charge is 2.40. The SMILES string of the molecule is COc1cccc(NC(=O)[C@H]2CC(=O)NC3=C2C(=O)C[C@@H](c2ccccc2)C3)c1. The maximum Gasteiger partial charge on any atom is 0.232 e. The Morgan fingerprint density at radius 3 is 2.59 bits per heavy atom. The number of anilines is 1. The lowest BCUT2D eigenvalue weighted by atomic mass is 9.75. The molecule has 0 aromatic heterocycles. The highest BCUT2D eigenvalue weighted by Crippen LogP contribution is 2.39. The minimum Gasteiger partial charge on any atom is -0.497 e. The van der Waals surface area contributed by atoms with Crippen LogP contribution in [0.3, 0.4) is 0 Å². The van der Waals surface area contributed by atoms with E-state index in [2.05, 4.69) is 10.6 Å². The Morgan fingerprint density at radius 2 is 1.83 bits per heavy atom. The minimum absolute atomic E-state index is 0.00273. The molecule has 0 fully saturated rings. The Hall–Kier alpha value is -3.41. The van der Waals surface area contributed by atoms with Gasteiger partial charge >= 0.3 is 0 Å². The van der Waals surface area contributed by atoms with Crippen molar-refractivity contribution in [3.8, 4) is 5.75 Å². The number of benzene rings is 2. The number of ether oxygens (including phenoxy) is 1. The molecule has 6 heteroatoms. The maximum absolute atomic E-state index is 13.0. The zero-order valence-corrected chi connectivity index (χ0v) is 16.1. The summed E-state index contributed by atoms with van der Waals surface area (Å²) in [6.07, 6.45) is 0.845. The van der Waals surface area contributed by atoms with Gasteiger partial charge in [0, 0.05) is 35.9 Å². The van der Waals surface area contributed by atoms with Crippen LogP contribution in [-0.2, 0) is 14.4 Å². The van der Waals surface area contributed by atoms with E-state index in [0.717, 1.165) is 5.56 Å². The van der Waals surface area contributed by atoms with Crippen LogP contribution in [0.25, 0.3) is 0 Å². The monoisotopic (exact) mass is 390 g/mol. The first-order chi connectivity index (χ1) is 14.0. The van der Waals surface area contributed by atoms with Gasteiger partial charge in [0.25, 0.3) is 0 Å². The summed E-state index contributed by atoms with van der Waals surface area (Å²) in [4.78, 5) is 38.2. The molecule has 0 saturated heterocycles. The van der Waals surface area contributed by atoms with E-state index in [0.29, 0.717) is 35.5 Å². The van der Waals surface area contributed by atoms with Gasteiger partial charge in [-0.2, -0.15) is 0 Å². The molecule has 2 aliphatic rings. The molecular weight excluding hydrogens is 368 g/mol. The third kappa shape index (κ3) is 3.92. The standard InChI is InChI=1S/C23H22N2O4/c1-29-17-9-5-8-16(12-17)24-23(28)18-13-21(27)25-19-10-15(11-20(26)22(18)19)14-6-3-2-4-7-14/h2-9,12,15,18H,10-11,13H2,1H3,(H,24,28)(H,25,27)/t15-,18-/m0/s1. The van der Waals surface area contributed by atoms with Gasteiger partial charge < -0.3 is 15.4 Å². The largest absolute Gasteiger partial charge is 0.497 e. The van der Waals surface area contributed by atoms with Crippen LogP contribution >= 0.6 is 0 Å². The van der Waals surface area contributed by atoms with Crippen LogP contribution < -0.4 is 15.4 Å². The van der Waals surface area contributed by atoms with Crippen molar-refractivity contribution in [3.05, 3.63) is 71.4 Å².